The molecule has 0 saturated carbocycles. The van der Waals surface area contributed by atoms with Crippen LogP contribution in [-0.4, -0.2) is 22.8 Å². The molecule has 2 aromatic rings. The van der Waals surface area contributed by atoms with Crippen LogP contribution in [-0.2, 0) is 6.54 Å². The molecular weight excluding hydrogens is 328 g/mol. The summed E-state index contributed by atoms with van der Waals surface area (Å²) in [7, 11) is 1.61. The first-order valence-corrected chi connectivity index (χ1v) is 6.50. The van der Waals surface area contributed by atoms with Gasteiger partial charge in [0, 0.05) is 13.1 Å². The maximum Gasteiger partial charge on any atom is 0.284 e. The molecule has 0 spiro atoms. The Labute approximate surface area is 123 Å². The van der Waals surface area contributed by atoms with Crippen LogP contribution in [0.2, 0.25) is 0 Å². The van der Waals surface area contributed by atoms with E-state index in [1.54, 1.807) is 19.2 Å². The summed E-state index contributed by atoms with van der Waals surface area (Å²) in [5, 5.41) is 10.9. The largest absolute Gasteiger partial charge is 0.467 e. The van der Waals surface area contributed by atoms with Crippen molar-refractivity contribution in [3.05, 3.63) is 62.5 Å². The van der Waals surface area contributed by atoms with Gasteiger partial charge in [-0.05, 0) is 34.1 Å². The van der Waals surface area contributed by atoms with E-state index >= 15 is 0 Å². The third-order valence-electron chi connectivity index (χ3n) is 2.73. The number of nitro benzene ring substituents is 1. The van der Waals surface area contributed by atoms with Crippen LogP contribution in [0.5, 0.6) is 0 Å². The molecule has 20 heavy (non-hydrogen) atoms. The van der Waals surface area contributed by atoms with Gasteiger partial charge in [-0.1, -0.05) is 6.07 Å². The molecule has 1 aromatic carbocycles. The molecular formula is C13H11BrN2O4. The average molecular weight is 339 g/mol. The van der Waals surface area contributed by atoms with E-state index in [9.17, 15) is 14.9 Å². The van der Waals surface area contributed by atoms with Gasteiger partial charge in [0.25, 0.3) is 11.6 Å². The van der Waals surface area contributed by atoms with Crippen LogP contribution in [0.3, 0.4) is 0 Å². The Bertz CT molecular complexity index is 640. The third-order valence-corrected chi connectivity index (χ3v) is 3.56. The van der Waals surface area contributed by atoms with Crippen LogP contribution < -0.4 is 0 Å². The van der Waals surface area contributed by atoms with Crippen molar-refractivity contribution >= 4 is 27.5 Å². The number of hydrogen-bond acceptors (Lipinski definition) is 4. The molecule has 7 heteroatoms. The Balaban J connectivity index is 2.25. The first-order chi connectivity index (χ1) is 9.50. The fraction of sp³-hybridized carbons (Fsp3) is 0.154. The van der Waals surface area contributed by atoms with E-state index in [0.29, 0.717) is 12.3 Å². The molecule has 0 N–H and O–H groups in total. The molecule has 0 aliphatic carbocycles. The predicted octanol–water partition coefficient (Wildman–Crippen LogP) is 3.22. The van der Waals surface area contributed by atoms with Crippen molar-refractivity contribution in [1.29, 1.82) is 0 Å². The average Bonchev–Trinajstić information content (AvgIpc) is 2.90. The van der Waals surface area contributed by atoms with E-state index in [2.05, 4.69) is 15.9 Å². The van der Waals surface area contributed by atoms with Gasteiger partial charge in [-0.25, -0.2) is 0 Å². The zero-order chi connectivity index (χ0) is 14.7. The second-order valence-electron chi connectivity index (χ2n) is 4.14. The zero-order valence-corrected chi connectivity index (χ0v) is 12.2. The van der Waals surface area contributed by atoms with Crippen molar-refractivity contribution < 1.29 is 14.1 Å². The topological polar surface area (TPSA) is 76.6 Å². The first kappa shape index (κ1) is 14.3. The van der Waals surface area contributed by atoms with Crippen LogP contribution in [0.25, 0.3) is 0 Å². The van der Waals surface area contributed by atoms with E-state index in [1.165, 1.54) is 29.4 Å². The molecule has 2 rings (SSSR count). The second kappa shape index (κ2) is 5.87. The lowest BCUT2D eigenvalue weighted by atomic mass is 10.2. The van der Waals surface area contributed by atoms with Gasteiger partial charge < -0.3 is 9.32 Å². The predicted molar refractivity (Wildman–Crippen MR) is 75.3 cm³/mol. The minimum absolute atomic E-state index is 0.137. The van der Waals surface area contributed by atoms with Crippen molar-refractivity contribution in [3.8, 4) is 0 Å². The van der Waals surface area contributed by atoms with Gasteiger partial charge in [-0.2, -0.15) is 0 Å². The molecule has 0 aliphatic heterocycles. The molecule has 6 nitrogen and oxygen atoms in total. The number of rotatable bonds is 4. The fourth-order valence-corrected chi connectivity index (χ4v) is 2.32. The lowest BCUT2D eigenvalue weighted by molar-refractivity contribution is -0.385. The van der Waals surface area contributed by atoms with Crippen molar-refractivity contribution in [2.24, 2.45) is 0 Å². The van der Waals surface area contributed by atoms with Crippen molar-refractivity contribution in [1.82, 2.24) is 4.90 Å². The number of furan rings is 1. The minimum Gasteiger partial charge on any atom is -0.467 e. The van der Waals surface area contributed by atoms with Gasteiger partial charge in [-0.3, -0.25) is 14.9 Å². The van der Waals surface area contributed by atoms with Gasteiger partial charge in [0.05, 0.1) is 23.3 Å². The van der Waals surface area contributed by atoms with Crippen molar-refractivity contribution in [2.75, 3.05) is 7.05 Å². The number of halogens is 1. The van der Waals surface area contributed by atoms with E-state index in [0.717, 1.165) is 0 Å². The van der Waals surface area contributed by atoms with Gasteiger partial charge in [0.2, 0.25) is 0 Å². The molecule has 0 fully saturated rings. The quantitative estimate of drug-likeness (QED) is 0.633. The molecule has 104 valence electrons. The summed E-state index contributed by atoms with van der Waals surface area (Å²) < 4.78 is 5.35. The maximum atomic E-state index is 12.3. The Morgan fingerprint density at radius 3 is 2.75 bits per heavy atom. The summed E-state index contributed by atoms with van der Waals surface area (Å²) >= 11 is 3.12. The van der Waals surface area contributed by atoms with Crippen LogP contribution >= 0.6 is 15.9 Å². The van der Waals surface area contributed by atoms with E-state index in [1.807, 2.05) is 0 Å². The highest BCUT2D eigenvalue weighted by atomic mass is 79.9. The molecule has 1 heterocycles. The molecule has 0 atom stereocenters. The number of benzene rings is 1. The lowest BCUT2D eigenvalue weighted by Gasteiger charge is -2.16. The van der Waals surface area contributed by atoms with Crippen molar-refractivity contribution in [3.63, 3.8) is 0 Å². The number of nitrogens with zero attached hydrogens (tertiary/aromatic N) is 2. The molecule has 0 bridgehead atoms. The van der Waals surface area contributed by atoms with E-state index in [4.69, 9.17) is 4.42 Å². The number of hydrogen-bond donors (Lipinski definition) is 0. The van der Waals surface area contributed by atoms with Crippen LogP contribution in [0, 0.1) is 10.1 Å². The highest BCUT2D eigenvalue weighted by Crippen LogP contribution is 2.29. The SMILES string of the molecule is CN(Cc1ccco1)C(=O)c1cccc([N+](=O)[O-])c1Br. The molecule has 0 saturated heterocycles. The summed E-state index contributed by atoms with van der Waals surface area (Å²) in [6.07, 6.45) is 1.52. The van der Waals surface area contributed by atoms with Gasteiger partial charge in [0.1, 0.15) is 10.2 Å². The van der Waals surface area contributed by atoms with Crippen LogP contribution in [0.1, 0.15) is 16.1 Å². The Morgan fingerprint density at radius 1 is 1.40 bits per heavy atom. The van der Waals surface area contributed by atoms with Crippen molar-refractivity contribution in [2.45, 2.75) is 6.54 Å². The molecule has 1 amide bonds. The molecule has 0 aliphatic rings. The van der Waals surface area contributed by atoms with Gasteiger partial charge in [0.15, 0.2) is 0 Å². The maximum absolute atomic E-state index is 12.3. The van der Waals surface area contributed by atoms with E-state index in [-0.39, 0.29) is 21.6 Å². The number of nitro groups is 1. The monoisotopic (exact) mass is 338 g/mol. The first-order valence-electron chi connectivity index (χ1n) is 5.71. The second-order valence-corrected chi connectivity index (χ2v) is 4.93. The molecule has 1 aromatic heterocycles. The number of amides is 1. The Morgan fingerprint density at radius 2 is 2.15 bits per heavy atom. The minimum atomic E-state index is -0.534. The molecule has 0 unspecified atom stereocenters. The van der Waals surface area contributed by atoms with Gasteiger partial charge in [-0.15, -0.1) is 0 Å². The normalized spacial score (nSPS) is 10.3. The van der Waals surface area contributed by atoms with E-state index < -0.39 is 4.92 Å². The molecule has 0 radical (unpaired) electrons. The third kappa shape index (κ3) is 2.88. The highest BCUT2D eigenvalue weighted by Gasteiger charge is 2.22. The van der Waals surface area contributed by atoms with Crippen LogP contribution in [0.15, 0.2) is 45.5 Å². The number of carbonyl (C=O) groups is 1. The standard InChI is InChI=1S/C13H11BrN2O4/c1-15(8-9-4-3-7-20-9)13(17)10-5-2-6-11(12(10)14)16(18)19/h2-7H,8H2,1H3. The summed E-state index contributed by atoms with van der Waals surface area (Å²) in [6, 6.07) is 7.85. The Hall–Kier alpha value is -2.15. The zero-order valence-electron chi connectivity index (χ0n) is 10.6. The Kier molecular flexibility index (Phi) is 4.19. The summed E-state index contributed by atoms with van der Waals surface area (Å²) in [5.74, 6) is 0.319. The highest BCUT2D eigenvalue weighted by molar-refractivity contribution is 9.10. The summed E-state index contributed by atoms with van der Waals surface area (Å²) in [4.78, 5) is 24.1. The summed E-state index contributed by atoms with van der Waals surface area (Å²) in [5.41, 5.74) is 0.107. The fourth-order valence-electron chi connectivity index (χ4n) is 1.74. The lowest BCUT2D eigenvalue weighted by Crippen LogP contribution is -2.26. The smallest absolute Gasteiger partial charge is 0.284 e. The van der Waals surface area contributed by atoms with Gasteiger partial charge >= 0.3 is 0 Å². The van der Waals surface area contributed by atoms with Crippen LogP contribution in [0.4, 0.5) is 5.69 Å². The number of carbonyl (C=O) groups excluding carboxylic acids is 1. The summed E-state index contributed by atoms with van der Waals surface area (Å²) in [6.45, 7) is 0.293.